The van der Waals surface area contributed by atoms with E-state index in [4.69, 9.17) is 0 Å². The minimum Gasteiger partial charge on any atom is -0.314 e. The molecule has 25 heavy (non-hydrogen) atoms. The van der Waals surface area contributed by atoms with Crippen LogP contribution in [0.2, 0.25) is 0 Å². The molecule has 1 saturated heterocycles. The van der Waals surface area contributed by atoms with Crippen molar-refractivity contribution in [1.82, 2.24) is 14.4 Å². The van der Waals surface area contributed by atoms with Gasteiger partial charge < -0.3 is 9.47 Å². The van der Waals surface area contributed by atoms with Gasteiger partial charge in [0.1, 0.15) is 0 Å². The number of aromatic nitrogens is 1. The zero-order valence-electron chi connectivity index (χ0n) is 15.5. The smallest absolute Gasteiger partial charge is 0.258 e. The van der Waals surface area contributed by atoms with Crippen LogP contribution in [0.5, 0.6) is 0 Å². The lowest BCUT2D eigenvalue weighted by Gasteiger charge is -2.32. The summed E-state index contributed by atoms with van der Waals surface area (Å²) in [5.41, 5.74) is 1.25. The first-order chi connectivity index (χ1) is 12.0. The molecule has 0 bridgehead atoms. The number of benzene rings is 1. The van der Waals surface area contributed by atoms with Crippen LogP contribution in [-0.2, 0) is 7.05 Å². The van der Waals surface area contributed by atoms with Crippen LogP contribution in [0.4, 0.5) is 0 Å². The van der Waals surface area contributed by atoms with E-state index in [2.05, 4.69) is 51.8 Å². The van der Waals surface area contributed by atoms with Crippen molar-refractivity contribution in [3.8, 4) is 0 Å². The first-order valence-corrected chi connectivity index (χ1v) is 10.0. The highest BCUT2D eigenvalue weighted by Crippen LogP contribution is 2.28. The molecule has 5 heteroatoms. The molecule has 1 aliphatic heterocycles. The zero-order chi connectivity index (χ0) is 18.0. The number of likely N-dealkylation sites (N-methyl/N-ethyl adjacent to an activating group) is 1. The van der Waals surface area contributed by atoms with Crippen LogP contribution in [0, 0.1) is 0 Å². The topological polar surface area (TPSA) is 28.5 Å². The predicted molar refractivity (Wildman–Crippen MR) is 108 cm³/mol. The Hall–Kier alpha value is -1.17. The van der Waals surface area contributed by atoms with E-state index in [9.17, 15) is 4.79 Å². The van der Waals surface area contributed by atoms with Crippen molar-refractivity contribution in [3.05, 3.63) is 44.8 Å². The molecule has 1 aromatic carbocycles. The summed E-state index contributed by atoms with van der Waals surface area (Å²) >= 11 is 3.54. The molecular formula is C20H28BrN3O. The molecule has 1 aliphatic rings. The standard InChI is InChI=1S/C20H28BrN3O/c1-4-6-18(24-10-5-9-22(2)11-12-24)19-14-15-13-16(21)7-8-17(15)20(25)23(19)3/h7-8,13-14,18H,4-6,9-12H2,1-3H3/t18-/m0/s1. The van der Waals surface area contributed by atoms with Crippen LogP contribution < -0.4 is 5.56 Å². The molecule has 0 unspecified atom stereocenters. The van der Waals surface area contributed by atoms with E-state index in [1.807, 2.05) is 23.7 Å². The van der Waals surface area contributed by atoms with Crippen LogP contribution in [0.3, 0.4) is 0 Å². The summed E-state index contributed by atoms with van der Waals surface area (Å²) < 4.78 is 2.88. The van der Waals surface area contributed by atoms with Gasteiger partial charge in [0.2, 0.25) is 0 Å². The summed E-state index contributed by atoms with van der Waals surface area (Å²) in [5, 5.41) is 1.82. The molecule has 0 spiro atoms. The molecule has 0 N–H and O–H groups in total. The van der Waals surface area contributed by atoms with Gasteiger partial charge in [-0.2, -0.15) is 0 Å². The Morgan fingerprint density at radius 3 is 2.68 bits per heavy atom. The maximum atomic E-state index is 12.9. The van der Waals surface area contributed by atoms with Gasteiger partial charge in [0, 0.05) is 42.2 Å². The molecule has 0 aliphatic carbocycles. The van der Waals surface area contributed by atoms with Crippen molar-refractivity contribution in [1.29, 1.82) is 0 Å². The lowest BCUT2D eigenvalue weighted by molar-refractivity contribution is 0.185. The highest BCUT2D eigenvalue weighted by molar-refractivity contribution is 9.10. The molecule has 0 amide bonds. The summed E-state index contributed by atoms with van der Waals surface area (Å²) in [6, 6.07) is 8.44. The third kappa shape index (κ3) is 3.99. The summed E-state index contributed by atoms with van der Waals surface area (Å²) in [6.45, 7) is 6.63. The number of hydrogen-bond acceptors (Lipinski definition) is 3. The van der Waals surface area contributed by atoms with Gasteiger partial charge in [-0.3, -0.25) is 9.69 Å². The predicted octanol–water partition coefficient (Wildman–Crippen LogP) is 3.78. The van der Waals surface area contributed by atoms with Gasteiger partial charge in [0.25, 0.3) is 5.56 Å². The Balaban J connectivity index is 2.06. The maximum absolute atomic E-state index is 12.9. The first-order valence-electron chi connectivity index (χ1n) is 9.23. The van der Waals surface area contributed by atoms with E-state index < -0.39 is 0 Å². The van der Waals surface area contributed by atoms with E-state index in [1.165, 1.54) is 6.42 Å². The van der Waals surface area contributed by atoms with Gasteiger partial charge in [-0.15, -0.1) is 0 Å². The minimum absolute atomic E-state index is 0.105. The molecule has 2 heterocycles. The van der Waals surface area contributed by atoms with Crippen LogP contribution >= 0.6 is 15.9 Å². The fraction of sp³-hybridized carbons (Fsp3) is 0.550. The van der Waals surface area contributed by atoms with Gasteiger partial charge in [-0.1, -0.05) is 29.3 Å². The van der Waals surface area contributed by atoms with Crippen molar-refractivity contribution < 1.29 is 0 Å². The number of halogens is 1. The fourth-order valence-electron chi connectivity index (χ4n) is 3.89. The Morgan fingerprint density at radius 1 is 1.12 bits per heavy atom. The highest BCUT2D eigenvalue weighted by atomic mass is 79.9. The molecule has 1 atom stereocenters. The molecule has 2 aromatic rings. The molecule has 136 valence electrons. The van der Waals surface area contributed by atoms with E-state index in [0.717, 1.165) is 60.0 Å². The Morgan fingerprint density at radius 2 is 1.92 bits per heavy atom. The van der Waals surface area contributed by atoms with Crippen LogP contribution in [0.1, 0.15) is 37.9 Å². The minimum atomic E-state index is 0.105. The van der Waals surface area contributed by atoms with Crippen molar-refractivity contribution in [2.75, 3.05) is 33.2 Å². The Kier molecular flexibility index (Phi) is 5.97. The average Bonchev–Trinajstić information content (AvgIpc) is 2.80. The molecule has 3 rings (SSSR count). The van der Waals surface area contributed by atoms with Crippen LogP contribution in [0.15, 0.2) is 33.5 Å². The average molecular weight is 406 g/mol. The SMILES string of the molecule is CCC[C@@H](c1cc2cc(Br)ccc2c(=O)n1C)N1CCCN(C)CC1. The lowest BCUT2D eigenvalue weighted by Crippen LogP contribution is -2.35. The van der Waals surface area contributed by atoms with Gasteiger partial charge in [-0.25, -0.2) is 0 Å². The monoisotopic (exact) mass is 405 g/mol. The summed E-state index contributed by atoms with van der Waals surface area (Å²) in [7, 11) is 4.12. The number of nitrogens with zero attached hydrogens (tertiary/aromatic N) is 3. The Bertz CT molecular complexity index is 801. The molecule has 0 saturated carbocycles. The van der Waals surface area contributed by atoms with Crippen molar-refractivity contribution in [3.63, 3.8) is 0 Å². The first kappa shape index (κ1) is 18.6. The van der Waals surface area contributed by atoms with E-state index >= 15 is 0 Å². The fourth-order valence-corrected chi connectivity index (χ4v) is 4.27. The van der Waals surface area contributed by atoms with Gasteiger partial charge in [-0.05, 0) is 56.1 Å². The van der Waals surface area contributed by atoms with E-state index in [0.29, 0.717) is 6.04 Å². The summed E-state index contributed by atoms with van der Waals surface area (Å²) in [5.74, 6) is 0. The van der Waals surface area contributed by atoms with E-state index in [-0.39, 0.29) is 5.56 Å². The highest BCUT2D eigenvalue weighted by Gasteiger charge is 2.24. The summed E-state index contributed by atoms with van der Waals surface area (Å²) in [4.78, 5) is 17.9. The normalized spacial score (nSPS) is 18.4. The largest absolute Gasteiger partial charge is 0.314 e. The molecule has 4 nitrogen and oxygen atoms in total. The van der Waals surface area contributed by atoms with E-state index in [1.54, 1.807) is 0 Å². The van der Waals surface area contributed by atoms with Crippen molar-refractivity contribution in [2.45, 2.75) is 32.2 Å². The van der Waals surface area contributed by atoms with Crippen LogP contribution in [-0.4, -0.2) is 47.6 Å². The third-order valence-corrected chi connectivity index (χ3v) is 5.83. The van der Waals surface area contributed by atoms with Crippen LogP contribution in [0.25, 0.3) is 10.8 Å². The molecule has 0 radical (unpaired) electrons. The number of hydrogen-bond donors (Lipinski definition) is 0. The third-order valence-electron chi connectivity index (χ3n) is 5.34. The molecule has 1 aromatic heterocycles. The lowest BCUT2D eigenvalue weighted by atomic mass is 10.0. The second-order valence-electron chi connectivity index (χ2n) is 7.16. The number of fused-ring (bicyclic) bond motifs is 1. The molecular weight excluding hydrogens is 378 g/mol. The maximum Gasteiger partial charge on any atom is 0.258 e. The Labute approximate surface area is 158 Å². The summed E-state index contributed by atoms with van der Waals surface area (Å²) in [6.07, 6.45) is 3.38. The number of pyridine rings is 1. The molecule has 1 fully saturated rings. The second kappa shape index (κ2) is 8.02. The second-order valence-corrected chi connectivity index (χ2v) is 8.08. The van der Waals surface area contributed by atoms with Gasteiger partial charge in [0.05, 0.1) is 6.04 Å². The zero-order valence-corrected chi connectivity index (χ0v) is 17.1. The van der Waals surface area contributed by atoms with Crippen molar-refractivity contribution in [2.24, 2.45) is 7.05 Å². The van der Waals surface area contributed by atoms with Crippen molar-refractivity contribution >= 4 is 26.7 Å². The quantitative estimate of drug-likeness (QED) is 0.774. The van der Waals surface area contributed by atoms with Gasteiger partial charge >= 0.3 is 0 Å². The number of rotatable bonds is 4. The van der Waals surface area contributed by atoms with Gasteiger partial charge in [0.15, 0.2) is 0 Å².